The Kier molecular flexibility index (Phi) is 28.2. The molecular formula is C72H100FN9O9S3. The summed E-state index contributed by atoms with van der Waals surface area (Å²) < 4.78 is 110. The van der Waals surface area contributed by atoms with Crippen LogP contribution in [0.15, 0.2) is 164 Å². The molecule has 6 fully saturated rings. The largest absolute Gasteiger partial charge is 0.378 e. The number of sulfonamides is 3. The van der Waals surface area contributed by atoms with Gasteiger partial charge in [0.2, 0.25) is 36.0 Å². The van der Waals surface area contributed by atoms with Crippen molar-refractivity contribution in [2.75, 3.05) is 87.7 Å². The molecule has 94 heavy (non-hydrogen) atoms. The van der Waals surface area contributed by atoms with Gasteiger partial charge in [-0.05, 0) is 174 Å². The van der Waals surface area contributed by atoms with Crippen molar-refractivity contribution in [1.82, 2.24) is 34.4 Å². The molecule has 3 saturated carbocycles. The molecular weight excluding hydrogens is 1250 g/mol. The van der Waals surface area contributed by atoms with Gasteiger partial charge in [-0.2, -0.15) is 4.39 Å². The second-order valence-corrected chi connectivity index (χ2v) is 31.8. The van der Waals surface area contributed by atoms with Gasteiger partial charge in [0.15, 0.2) is 0 Å². The fourth-order valence-corrected chi connectivity index (χ4v) is 16.9. The molecule has 3 saturated heterocycles. The number of pyridine rings is 3. The molecule has 4 N–H and O–H groups in total. The fraction of sp³-hybridized carbons (Fsp3) is 0.542. The molecule has 3 aliphatic carbocycles. The van der Waals surface area contributed by atoms with E-state index in [2.05, 4.69) is 135 Å². The van der Waals surface area contributed by atoms with Crippen LogP contribution in [0.2, 0.25) is 0 Å². The van der Waals surface area contributed by atoms with E-state index in [9.17, 15) is 29.6 Å². The Hall–Kier alpha value is -5.79. The standard InChI is InChI=1S/2C24H33N3O3S.C19H30N2O3S.C5H4FN/c2*1-31(28,29)26-23-14-16-27(24-9-5-6-15-25-24)17-21(23)18-30-22-12-10-20(11-13-22)19-7-3-2-4-8-19;1-25(22,23)21-19-11-12-20-13-17(19)14-24-18-9-7-16(8-10-18)15-5-3-2-4-6-15;6-5-3-1-2-4-7-5/h2*2-9,15,20-23,26H,10-14,16-18H2,1H3;2-6,16-21H,7-14H2,1H3;1-4H/t2*20?,21?,22?,23-;16?,17?,18?,19-;/m000./s1. The molecule has 3 unspecified atom stereocenters. The van der Waals surface area contributed by atoms with E-state index in [1.165, 1.54) is 60.6 Å². The van der Waals surface area contributed by atoms with Crippen molar-refractivity contribution in [2.45, 2.75) is 151 Å². The highest BCUT2D eigenvalue weighted by Crippen LogP contribution is 2.38. The number of anilines is 2. The van der Waals surface area contributed by atoms with Crippen LogP contribution in [0.4, 0.5) is 16.0 Å². The monoisotopic (exact) mass is 1350 g/mol. The summed E-state index contributed by atoms with van der Waals surface area (Å²) in [5, 5.41) is 3.35. The molecule has 0 amide bonds. The lowest BCUT2D eigenvalue weighted by Crippen LogP contribution is -2.52. The minimum absolute atomic E-state index is 0.0168. The molecule has 6 aromatic rings. The van der Waals surface area contributed by atoms with Crippen LogP contribution in [0.25, 0.3) is 0 Å². The van der Waals surface area contributed by atoms with E-state index in [0.29, 0.717) is 43.7 Å². The number of halogens is 1. The number of rotatable bonds is 20. The minimum atomic E-state index is -3.26. The number of aromatic nitrogens is 3. The number of nitrogens with one attached hydrogen (secondary N) is 4. The third-order valence-corrected chi connectivity index (χ3v) is 21.4. The lowest BCUT2D eigenvalue weighted by atomic mass is 9.82. The molecule has 6 aliphatic rings. The third kappa shape index (κ3) is 24.7. The van der Waals surface area contributed by atoms with Crippen molar-refractivity contribution in [3.05, 3.63) is 187 Å². The summed E-state index contributed by atoms with van der Waals surface area (Å²) in [5.41, 5.74) is 4.29. The molecule has 6 heterocycles. The quantitative estimate of drug-likeness (QED) is 0.0522. The molecule has 3 aromatic heterocycles. The van der Waals surface area contributed by atoms with Crippen molar-refractivity contribution < 1.29 is 43.9 Å². The van der Waals surface area contributed by atoms with E-state index in [1.807, 2.05) is 36.4 Å². The normalized spacial score (nSPS) is 26.8. The summed E-state index contributed by atoms with van der Waals surface area (Å²) in [4.78, 5) is 16.7. The van der Waals surface area contributed by atoms with Gasteiger partial charge >= 0.3 is 0 Å². The van der Waals surface area contributed by atoms with Crippen molar-refractivity contribution in [2.24, 2.45) is 17.8 Å². The second-order valence-electron chi connectivity index (χ2n) is 26.4. The van der Waals surface area contributed by atoms with E-state index in [-0.39, 0.29) is 48.1 Å². The Bertz CT molecular complexity index is 3300. The third-order valence-electron chi connectivity index (χ3n) is 19.2. The van der Waals surface area contributed by atoms with Gasteiger partial charge < -0.3 is 29.3 Å². The van der Waals surface area contributed by atoms with E-state index in [1.54, 1.807) is 24.5 Å². The number of nitrogens with zero attached hydrogens (tertiary/aromatic N) is 5. The molecule has 3 aliphatic heterocycles. The highest BCUT2D eigenvalue weighted by Gasteiger charge is 2.36. The predicted octanol–water partition coefficient (Wildman–Crippen LogP) is 10.6. The molecule has 3 aromatic carbocycles. The first-order valence-electron chi connectivity index (χ1n) is 33.9. The van der Waals surface area contributed by atoms with Crippen LogP contribution in [0, 0.1) is 23.7 Å². The molecule has 0 spiro atoms. The van der Waals surface area contributed by atoms with E-state index in [4.69, 9.17) is 14.2 Å². The summed E-state index contributed by atoms with van der Waals surface area (Å²) in [6.45, 7) is 6.46. The number of benzene rings is 3. The number of piperidine rings is 3. The Balaban J connectivity index is 0.000000158. The first-order valence-corrected chi connectivity index (χ1v) is 39.5. The Morgan fingerprint density at radius 2 is 0.745 bits per heavy atom. The van der Waals surface area contributed by atoms with Crippen molar-refractivity contribution in [3.63, 3.8) is 0 Å². The van der Waals surface area contributed by atoms with Gasteiger partial charge in [0.1, 0.15) is 11.6 Å². The number of hydrogen-bond donors (Lipinski definition) is 4. The summed E-state index contributed by atoms with van der Waals surface area (Å²) in [6, 6.07) is 48.4. The predicted molar refractivity (Wildman–Crippen MR) is 372 cm³/mol. The molecule has 0 bridgehead atoms. The van der Waals surface area contributed by atoms with Crippen LogP contribution in [-0.4, -0.2) is 154 Å². The lowest BCUT2D eigenvalue weighted by molar-refractivity contribution is -0.00404. The van der Waals surface area contributed by atoms with E-state index >= 15 is 0 Å². The number of hydrogen-bond acceptors (Lipinski definition) is 15. The van der Waals surface area contributed by atoms with Crippen LogP contribution >= 0.6 is 0 Å². The molecule has 512 valence electrons. The summed E-state index contributed by atoms with van der Waals surface area (Å²) >= 11 is 0. The van der Waals surface area contributed by atoms with Gasteiger partial charge in [0, 0.05) is 87.2 Å². The SMILES string of the molecule is CS(=O)(=O)N[C@H]1CCN(c2ccccn2)CC1COC1CCC(c2ccccc2)CC1.CS(=O)(=O)N[C@H]1CCN(c2ccccn2)CC1COC1CCC(c2ccccc2)CC1.CS(=O)(=O)N[C@H]1CCNCC1COC1CCC(c2ccccc2)CC1.Fc1ccccn1. The zero-order valence-corrected chi connectivity index (χ0v) is 57.4. The highest BCUT2D eigenvalue weighted by atomic mass is 32.2. The minimum Gasteiger partial charge on any atom is -0.378 e. The van der Waals surface area contributed by atoms with Crippen molar-refractivity contribution in [3.8, 4) is 0 Å². The topological polar surface area (TPSA) is 223 Å². The second kappa shape index (κ2) is 36.5. The zero-order valence-electron chi connectivity index (χ0n) is 55.0. The Labute approximate surface area is 559 Å². The molecule has 0 radical (unpaired) electrons. The van der Waals surface area contributed by atoms with Crippen LogP contribution in [-0.2, 0) is 44.3 Å². The van der Waals surface area contributed by atoms with Gasteiger partial charge in [-0.25, -0.2) is 54.4 Å². The van der Waals surface area contributed by atoms with Gasteiger partial charge in [0.05, 0.1) is 56.9 Å². The highest BCUT2D eigenvalue weighted by molar-refractivity contribution is 7.89. The van der Waals surface area contributed by atoms with Gasteiger partial charge in [-0.1, -0.05) is 109 Å². The summed E-state index contributed by atoms with van der Waals surface area (Å²) in [5.74, 6) is 3.73. The maximum Gasteiger partial charge on any atom is 0.212 e. The number of ether oxygens (including phenoxy) is 3. The van der Waals surface area contributed by atoms with Crippen LogP contribution < -0.4 is 29.3 Å². The van der Waals surface area contributed by atoms with Crippen molar-refractivity contribution >= 4 is 41.7 Å². The zero-order chi connectivity index (χ0) is 66.2. The summed E-state index contributed by atoms with van der Waals surface area (Å²) in [6.07, 6.45) is 25.2. The first kappa shape index (κ1) is 72.5. The molecule has 12 rings (SSSR count). The average molecular weight is 1350 g/mol. The lowest BCUT2D eigenvalue weighted by Gasteiger charge is -2.40. The van der Waals surface area contributed by atoms with Crippen molar-refractivity contribution in [1.29, 1.82) is 0 Å². The van der Waals surface area contributed by atoms with Gasteiger partial charge in [-0.3, -0.25) is 0 Å². The first-order chi connectivity index (χ1) is 45.4. The van der Waals surface area contributed by atoms with Crippen LogP contribution in [0.5, 0.6) is 0 Å². The fourth-order valence-electron chi connectivity index (χ4n) is 14.3. The van der Waals surface area contributed by atoms with Crippen LogP contribution in [0.3, 0.4) is 0 Å². The van der Waals surface area contributed by atoms with Crippen LogP contribution in [0.1, 0.15) is 131 Å². The van der Waals surface area contributed by atoms with E-state index in [0.717, 1.165) is 134 Å². The van der Waals surface area contributed by atoms with E-state index < -0.39 is 36.0 Å². The van der Waals surface area contributed by atoms with Gasteiger partial charge in [0.25, 0.3) is 0 Å². The Morgan fingerprint density at radius 1 is 0.415 bits per heavy atom. The molecule has 18 nitrogen and oxygen atoms in total. The molecule has 6 atom stereocenters. The maximum atomic E-state index is 11.9. The van der Waals surface area contributed by atoms with Gasteiger partial charge in [-0.15, -0.1) is 0 Å². The molecule has 22 heteroatoms. The maximum absolute atomic E-state index is 11.9. The average Bonchev–Trinajstić information content (AvgIpc) is 1.21. The summed E-state index contributed by atoms with van der Waals surface area (Å²) in [7, 11) is -9.69. The smallest absolute Gasteiger partial charge is 0.212 e. The Morgan fingerprint density at radius 3 is 1.05 bits per heavy atom.